The number of aromatic nitrogens is 1. The molecule has 1 aliphatic rings. The first-order valence-corrected chi connectivity index (χ1v) is 11.4. The molecule has 0 radical (unpaired) electrons. The van der Waals surface area contributed by atoms with E-state index in [0.29, 0.717) is 16.3 Å². The molecule has 1 saturated carbocycles. The number of halogens is 1. The third kappa shape index (κ3) is 5.00. The van der Waals surface area contributed by atoms with E-state index in [4.69, 9.17) is 11.6 Å². The van der Waals surface area contributed by atoms with Crippen molar-refractivity contribution in [3.63, 3.8) is 0 Å². The summed E-state index contributed by atoms with van der Waals surface area (Å²) >= 11 is 6.55. The van der Waals surface area contributed by atoms with Gasteiger partial charge in [-0.3, -0.25) is 19.5 Å². The van der Waals surface area contributed by atoms with Crippen LogP contribution >= 0.6 is 11.6 Å². The number of nitrogens with one attached hydrogen (secondary N) is 1. The van der Waals surface area contributed by atoms with Crippen LogP contribution < -0.4 is 10.2 Å². The van der Waals surface area contributed by atoms with Crippen LogP contribution in [0.5, 0.6) is 0 Å². The molecule has 3 aromatic rings. The first-order chi connectivity index (χ1) is 15.6. The first kappa shape index (κ1) is 22.0. The summed E-state index contributed by atoms with van der Waals surface area (Å²) < 4.78 is 0. The van der Waals surface area contributed by atoms with Crippen molar-refractivity contribution in [2.45, 2.75) is 44.2 Å². The average molecular weight is 448 g/mol. The number of rotatable bonds is 6. The Morgan fingerprint density at radius 3 is 2.28 bits per heavy atom. The van der Waals surface area contributed by atoms with E-state index in [1.807, 2.05) is 42.5 Å². The smallest absolute Gasteiger partial charge is 0.277 e. The molecule has 4 rings (SSSR count). The number of carbonyl (C=O) groups excluding carboxylic acids is 2. The number of para-hydroxylation sites is 1. The maximum Gasteiger partial charge on any atom is 0.277 e. The van der Waals surface area contributed by atoms with Gasteiger partial charge in [0.1, 0.15) is 11.7 Å². The Balaban J connectivity index is 1.80. The summed E-state index contributed by atoms with van der Waals surface area (Å²) in [5.41, 5.74) is 1.45. The highest BCUT2D eigenvalue weighted by molar-refractivity contribution is 6.31. The zero-order valence-corrected chi connectivity index (χ0v) is 18.5. The molecule has 2 aromatic carbocycles. The Labute approximate surface area is 193 Å². The molecule has 6 heteroatoms. The lowest BCUT2D eigenvalue weighted by molar-refractivity contribution is -0.123. The third-order valence-corrected chi connectivity index (χ3v) is 6.14. The van der Waals surface area contributed by atoms with E-state index in [9.17, 15) is 9.59 Å². The van der Waals surface area contributed by atoms with Gasteiger partial charge in [0.2, 0.25) is 5.91 Å². The Morgan fingerprint density at radius 1 is 0.906 bits per heavy atom. The molecule has 5 nitrogen and oxygen atoms in total. The van der Waals surface area contributed by atoms with Gasteiger partial charge in [0.15, 0.2) is 0 Å². The van der Waals surface area contributed by atoms with Crippen molar-refractivity contribution in [2.24, 2.45) is 0 Å². The number of hydrogen-bond donors (Lipinski definition) is 1. The predicted molar refractivity (Wildman–Crippen MR) is 127 cm³/mol. The Hall–Kier alpha value is -3.18. The lowest BCUT2D eigenvalue weighted by Crippen LogP contribution is -2.47. The van der Waals surface area contributed by atoms with Crippen molar-refractivity contribution in [1.29, 1.82) is 0 Å². The fourth-order valence-corrected chi connectivity index (χ4v) is 4.45. The summed E-state index contributed by atoms with van der Waals surface area (Å²) in [6.07, 6.45) is 6.84. The molecule has 1 aliphatic carbocycles. The molecule has 1 fully saturated rings. The van der Waals surface area contributed by atoms with Gasteiger partial charge < -0.3 is 5.32 Å². The van der Waals surface area contributed by atoms with Crippen LogP contribution in [0, 0.1) is 0 Å². The van der Waals surface area contributed by atoms with E-state index in [-0.39, 0.29) is 23.6 Å². The first-order valence-electron chi connectivity index (χ1n) is 11.0. The van der Waals surface area contributed by atoms with Gasteiger partial charge in [0.25, 0.3) is 5.91 Å². The number of carbonyl (C=O) groups is 2. The second-order valence-corrected chi connectivity index (χ2v) is 8.40. The van der Waals surface area contributed by atoms with Gasteiger partial charge in [-0.15, -0.1) is 0 Å². The van der Waals surface area contributed by atoms with Crippen LogP contribution in [-0.4, -0.2) is 22.8 Å². The zero-order chi connectivity index (χ0) is 22.3. The predicted octanol–water partition coefficient (Wildman–Crippen LogP) is 5.57. The maximum absolute atomic E-state index is 13.7. The van der Waals surface area contributed by atoms with Crippen molar-refractivity contribution >= 4 is 29.1 Å². The molecule has 2 amide bonds. The topological polar surface area (TPSA) is 62.3 Å². The zero-order valence-electron chi connectivity index (χ0n) is 17.8. The van der Waals surface area contributed by atoms with Gasteiger partial charge in [0.05, 0.1) is 0 Å². The molecule has 1 atom stereocenters. The largest absolute Gasteiger partial charge is 0.351 e. The van der Waals surface area contributed by atoms with Gasteiger partial charge in [-0.25, -0.2) is 0 Å². The number of pyridine rings is 1. The molecule has 1 heterocycles. The van der Waals surface area contributed by atoms with Gasteiger partial charge >= 0.3 is 0 Å². The van der Waals surface area contributed by atoms with Crippen LogP contribution in [0.3, 0.4) is 0 Å². The van der Waals surface area contributed by atoms with Gasteiger partial charge in [-0.2, -0.15) is 0 Å². The van der Waals surface area contributed by atoms with Crippen molar-refractivity contribution in [1.82, 2.24) is 10.3 Å². The molecular formula is C26H26ClN3O2. The molecule has 1 aromatic heterocycles. The van der Waals surface area contributed by atoms with Crippen molar-refractivity contribution in [3.05, 3.63) is 95.3 Å². The Bertz CT molecular complexity index is 1050. The van der Waals surface area contributed by atoms with Crippen LogP contribution in [0.15, 0.2) is 79.0 Å². The molecule has 0 aliphatic heterocycles. The molecule has 0 bridgehead atoms. The minimum Gasteiger partial charge on any atom is -0.351 e. The van der Waals surface area contributed by atoms with Crippen LogP contribution in [0.2, 0.25) is 5.02 Å². The SMILES string of the molecule is O=C(NC1CCCCC1)[C@H](c1ccccc1Cl)N(C(=O)c1ccccn1)c1ccccc1. The van der Waals surface area contributed by atoms with Gasteiger partial charge in [0, 0.05) is 28.5 Å². The molecule has 0 unspecified atom stereocenters. The summed E-state index contributed by atoms with van der Waals surface area (Å²) in [7, 11) is 0. The van der Waals surface area contributed by atoms with E-state index >= 15 is 0 Å². The van der Waals surface area contributed by atoms with E-state index in [2.05, 4.69) is 10.3 Å². The summed E-state index contributed by atoms with van der Waals surface area (Å²) in [6, 6.07) is 20.7. The number of hydrogen-bond acceptors (Lipinski definition) is 3. The molecule has 0 spiro atoms. The van der Waals surface area contributed by atoms with E-state index < -0.39 is 6.04 Å². The van der Waals surface area contributed by atoms with Gasteiger partial charge in [-0.1, -0.05) is 73.3 Å². The summed E-state index contributed by atoms with van der Waals surface area (Å²) in [5, 5.41) is 3.63. The van der Waals surface area contributed by atoms with Crippen molar-refractivity contribution in [3.8, 4) is 0 Å². The number of nitrogens with zero attached hydrogens (tertiary/aromatic N) is 2. The second kappa shape index (κ2) is 10.4. The second-order valence-electron chi connectivity index (χ2n) is 7.99. The van der Waals surface area contributed by atoms with Crippen LogP contribution in [0.25, 0.3) is 0 Å². The third-order valence-electron chi connectivity index (χ3n) is 5.80. The fourth-order valence-electron chi connectivity index (χ4n) is 4.21. The van der Waals surface area contributed by atoms with Crippen LogP contribution in [-0.2, 0) is 4.79 Å². The summed E-state index contributed by atoms with van der Waals surface area (Å²) in [5.74, 6) is -0.598. The average Bonchev–Trinajstić information content (AvgIpc) is 2.84. The molecular weight excluding hydrogens is 422 g/mol. The normalized spacial score (nSPS) is 15.0. The number of benzene rings is 2. The minimum absolute atomic E-state index is 0.101. The molecule has 1 N–H and O–H groups in total. The van der Waals surface area contributed by atoms with Gasteiger partial charge in [-0.05, 0) is 43.2 Å². The fraction of sp³-hybridized carbons (Fsp3) is 0.269. The highest BCUT2D eigenvalue weighted by Gasteiger charge is 2.36. The highest BCUT2D eigenvalue weighted by atomic mass is 35.5. The summed E-state index contributed by atoms with van der Waals surface area (Å²) in [4.78, 5) is 33.2. The highest BCUT2D eigenvalue weighted by Crippen LogP contribution is 2.33. The number of anilines is 1. The van der Waals surface area contributed by atoms with Crippen LogP contribution in [0.1, 0.15) is 54.2 Å². The quantitative estimate of drug-likeness (QED) is 0.537. The minimum atomic E-state index is -0.928. The Morgan fingerprint density at radius 2 is 1.59 bits per heavy atom. The standard InChI is InChI=1S/C26H26ClN3O2/c27-22-16-8-7-15-21(22)24(25(31)29-19-11-3-1-4-12-19)30(20-13-5-2-6-14-20)26(32)23-17-9-10-18-28-23/h2,5-10,13-19,24H,1,3-4,11-12H2,(H,29,31)/t24-/m0/s1. The Kier molecular flexibility index (Phi) is 7.17. The van der Waals surface area contributed by atoms with Crippen LogP contribution in [0.4, 0.5) is 5.69 Å². The van der Waals surface area contributed by atoms with E-state index in [0.717, 1.165) is 25.7 Å². The summed E-state index contributed by atoms with van der Waals surface area (Å²) in [6.45, 7) is 0. The van der Waals surface area contributed by atoms with Crippen molar-refractivity contribution in [2.75, 3.05) is 4.90 Å². The lowest BCUT2D eigenvalue weighted by atomic mass is 9.94. The molecule has 164 valence electrons. The monoisotopic (exact) mass is 447 g/mol. The molecule has 32 heavy (non-hydrogen) atoms. The molecule has 0 saturated heterocycles. The van der Waals surface area contributed by atoms with E-state index in [1.54, 1.807) is 36.5 Å². The maximum atomic E-state index is 13.7. The van der Waals surface area contributed by atoms with Crippen molar-refractivity contribution < 1.29 is 9.59 Å². The lowest BCUT2D eigenvalue weighted by Gasteiger charge is -2.33. The number of amides is 2. The van der Waals surface area contributed by atoms with E-state index in [1.165, 1.54) is 11.3 Å².